The van der Waals surface area contributed by atoms with E-state index in [1.807, 2.05) is 43.3 Å². The number of benzene rings is 2. The van der Waals surface area contributed by atoms with Crippen molar-refractivity contribution < 1.29 is 24.2 Å². The van der Waals surface area contributed by atoms with Crippen LogP contribution < -0.4 is 10.6 Å². The van der Waals surface area contributed by atoms with Gasteiger partial charge < -0.3 is 20.5 Å². The van der Waals surface area contributed by atoms with Gasteiger partial charge in [0, 0.05) is 12.5 Å². The van der Waals surface area contributed by atoms with Crippen LogP contribution in [0.3, 0.4) is 0 Å². The molecule has 1 unspecified atom stereocenters. The number of carbonyl (C=O) groups is 3. The van der Waals surface area contributed by atoms with Gasteiger partial charge in [-0.2, -0.15) is 0 Å². The largest absolute Gasteiger partial charge is 0.481 e. The SMILES string of the molecule is CCCC(NC(=O)OCC1c2ccccc2-c2ccccc21)C(=O)NCCC(C)(C)C(=O)O. The van der Waals surface area contributed by atoms with Crippen LogP contribution in [0.5, 0.6) is 0 Å². The van der Waals surface area contributed by atoms with E-state index in [1.165, 1.54) is 0 Å². The van der Waals surface area contributed by atoms with Crippen LogP contribution in [0.1, 0.15) is 57.1 Å². The molecule has 33 heavy (non-hydrogen) atoms. The van der Waals surface area contributed by atoms with Crippen LogP contribution in [-0.4, -0.2) is 42.3 Å². The summed E-state index contributed by atoms with van der Waals surface area (Å²) in [6.45, 7) is 5.53. The summed E-state index contributed by atoms with van der Waals surface area (Å²) in [5.74, 6) is -1.31. The molecule has 3 rings (SSSR count). The minimum atomic E-state index is -0.937. The Balaban J connectivity index is 1.57. The first-order chi connectivity index (χ1) is 15.7. The minimum absolute atomic E-state index is 0.0557. The zero-order chi connectivity index (χ0) is 24.0. The molecular weight excluding hydrogens is 420 g/mol. The van der Waals surface area contributed by atoms with Gasteiger partial charge in [0.15, 0.2) is 0 Å². The van der Waals surface area contributed by atoms with Crippen molar-refractivity contribution in [2.75, 3.05) is 13.2 Å². The third-order valence-electron chi connectivity index (χ3n) is 6.16. The van der Waals surface area contributed by atoms with E-state index in [-0.39, 0.29) is 31.4 Å². The Labute approximate surface area is 194 Å². The second-order valence-electron chi connectivity index (χ2n) is 9.04. The van der Waals surface area contributed by atoms with E-state index < -0.39 is 23.5 Å². The van der Waals surface area contributed by atoms with Crippen LogP contribution in [0.25, 0.3) is 11.1 Å². The summed E-state index contributed by atoms with van der Waals surface area (Å²) >= 11 is 0. The summed E-state index contributed by atoms with van der Waals surface area (Å²) in [7, 11) is 0. The molecule has 1 atom stereocenters. The Hall–Kier alpha value is -3.35. The molecule has 2 amide bonds. The van der Waals surface area contributed by atoms with Crippen LogP contribution >= 0.6 is 0 Å². The number of hydrogen-bond acceptors (Lipinski definition) is 4. The fourth-order valence-corrected chi connectivity index (χ4v) is 4.07. The lowest BCUT2D eigenvalue weighted by Crippen LogP contribution is -2.47. The highest BCUT2D eigenvalue weighted by Gasteiger charge is 2.30. The van der Waals surface area contributed by atoms with Crippen molar-refractivity contribution in [3.63, 3.8) is 0 Å². The molecular formula is C26H32N2O5. The highest BCUT2D eigenvalue weighted by Crippen LogP contribution is 2.44. The standard InChI is InChI=1S/C26H32N2O5/c1-4-9-22(23(29)27-15-14-26(2,3)24(30)31)28-25(32)33-16-21-19-12-7-5-10-17(19)18-11-6-8-13-20(18)21/h5-8,10-13,21-22H,4,9,14-16H2,1-3H3,(H,27,29)(H,28,32)(H,30,31). The molecule has 3 N–H and O–H groups in total. The van der Waals surface area contributed by atoms with Gasteiger partial charge in [-0.05, 0) is 48.9 Å². The summed E-state index contributed by atoms with van der Waals surface area (Å²) in [5, 5.41) is 14.6. The number of aliphatic carboxylic acids is 1. The van der Waals surface area contributed by atoms with Gasteiger partial charge in [-0.3, -0.25) is 9.59 Å². The van der Waals surface area contributed by atoms with Crippen LogP contribution in [0.4, 0.5) is 4.79 Å². The third-order valence-corrected chi connectivity index (χ3v) is 6.16. The van der Waals surface area contributed by atoms with Gasteiger partial charge in [0.2, 0.25) is 5.91 Å². The predicted molar refractivity (Wildman–Crippen MR) is 126 cm³/mol. The number of nitrogens with one attached hydrogen (secondary N) is 2. The average Bonchev–Trinajstić information content (AvgIpc) is 3.11. The van der Waals surface area contributed by atoms with Crippen molar-refractivity contribution >= 4 is 18.0 Å². The molecule has 0 heterocycles. The van der Waals surface area contributed by atoms with E-state index in [0.717, 1.165) is 22.3 Å². The first-order valence-corrected chi connectivity index (χ1v) is 11.4. The molecule has 0 spiro atoms. The molecule has 2 aromatic carbocycles. The number of fused-ring (bicyclic) bond motifs is 3. The van der Waals surface area contributed by atoms with E-state index >= 15 is 0 Å². The van der Waals surface area contributed by atoms with Gasteiger partial charge in [-0.25, -0.2) is 4.79 Å². The Morgan fingerprint density at radius 1 is 1.03 bits per heavy atom. The molecule has 7 nitrogen and oxygen atoms in total. The summed E-state index contributed by atoms with van der Waals surface area (Å²) in [6, 6.07) is 15.5. The summed E-state index contributed by atoms with van der Waals surface area (Å²) < 4.78 is 5.55. The van der Waals surface area contributed by atoms with E-state index in [4.69, 9.17) is 4.74 Å². The number of carboxylic acids is 1. The van der Waals surface area contributed by atoms with Crippen LogP contribution in [-0.2, 0) is 14.3 Å². The molecule has 0 saturated heterocycles. The molecule has 0 aliphatic heterocycles. The molecule has 0 bridgehead atoms. The number of rotatable bonds is 10. The number of alkyl carbamates (subject to hydrolysis) is 1. The Morgan fingerprint density at radius 2 is 1.61 bits per heavy atom. The van der Waals surface area contributed by atoms with Gasteiger partial charge in [-0.15, -0.1) is 0 Å². The molecule has 0 radical (unpaired) electrons. The molecule has 0 fully saturated rings. The van der Waals surface area contributed by atoms with Gasteiger partial charge in [0.05, 0.1) is 5.41 Å². The zero-order valence-corrected chi connectivity index (χ0v) is 19.4. The lowest BCUT2D eigenvalue weighted by atomic mass is 9.89. The van der Waals surface area contributed by atoms with Crippen LogP contribution in [0.15, 0.2) is 48.5 Å². The van der Waals surface area contributed by atoms with Gasteiger partial charge >= 0.3 is 12.1 Å². The van der Waals surface area contributed by atoms with Gasteiger partial charge in [0.1, 0.15) is 12.6 Å². The third kappa shape index (κ3) is 5.72. The van der Waals surface area contributed by atoms with Crippen molar-refractivity contribution in [3.8, 4) is 11.1 Å². The van der Waals surface area contributed by atoms with Gasteiger partial charge in [0.25, 0.3) is 0 Å². The maximum Gasteiger partial charge on any atom is 0.407 e. The number of carboxylic acid groups (broad SMARTS) is 1. The Morgan fingerprint density at radius 3 is 2.15 bits per heavy atom. The van der Waals surface area contributed by atoms with Crippen molar-refractivity contribution in [1.29, 1.82) is 0 Å². The van der Waals surface area contributed by atoms with Crippen molar-refractivity contribution in [3.05, 3.63) is 59.7 Å². The topological polar surface area (TPSA) is 105 Å². The Kier molecular flexibility index (Phi) is 7.74. The number of amides is 2. The summed E-state index contributed by atoms with van der Waals surface area (Å²) in [4.78, 5) is 36.4. The quantitative estimate of drug-likeness (QED) is 0.498. The lowest BCUT2D eigenvalue weighted by Gasteiger charge is -2.22. The minimum Gasteiger partial charge on any atom is -0.481 e. The maximum atomic E-state index is 12.6. The molecule has 1 aliphatic rings. The summed E-state index contributed by atoms with van der Waals surface area (Å²) in [6.07, 6.45) is 0.801. The number of hydrogen-bond donors (Lipinski definition) is 3. The molecule has 176 valence electrons. The highest BCUT2D eigenvalue weighted by molar-refractivity contribution is 5.85. The van der Waals surface area contributed by atoms with E-state index in [9.17, 15) is 19.5 Å². The molecule has 0 saturated carbocycles. The summed E-state index contributed by atoms with van der Waals surface area (Å²) in [5.41, 5.74) is 3.60. The molecule has 7 heteroatoms. The first kappa shape index (κ1) is 24.3. The second-order valence-corrected chi connectivity index (χ2v) is 9.04. The fourth-order valence-electron chi connectivity index (χ4n) is 4.07. The van der Waals surface area contributed by atoms with E-state index in [2.05, 4.69) is 22.8 Å². The second kappa shape index (κ2) is 10.5. The number of ether oxygens (including phenoxy) is 1. The average molecular weight is 453 g/mol. The fraction of sp³-hybridized carbons (Fsp3) is 0.423. The molecule has 0 aromatic heterocycles. The van der Waals surface area contributed by atoms with Gasteiger partial charge in [-0.1, -0.05) is 61.9 Å². The van der Waals surface area contributed by atoms with E-state index in [1.54, 1.807) is 13.8 Å². The Bertz CT molecular complexity index is 972. The lowest BCUT2D eigenvalue weighted by molar-refractivity contribution is -0.147. The van der Waals surface area contributed by atoms with Crippen LogP contribution in [0, 0.1) is 5.41 Å². The van der Waals surface area contributed by atoms with E-state index in [0.29, 0.717) is 12.8 Å². The highest BCUT2D eigenvalue weighted by atomic mass is 16.5. The van der Waals surface area contributed by atoms with Crippen molar-refractivity contribution in [2.24, 2.45) is 5.41 Å². The first-order valence-electron chi connectivity index (χ1n) is 11.4. The number of carbonyl (C=O) groups excluding carboxylic acids is 2. The monoisotopic (exact) mass is 452 g/mol. The zero-order valence-electron chi connectivity index (χ0n) is 19.4. The van der Waals surface area contributed by atoms with Crippen molar-refractivity contribution in [2.45, 2.75) is 52.0 Å². The maximum absolute atomic E-state index is 12.6. The molecule has 2 aromatic rings. The predicted octanol–water partition coefficient (Wildman–Crippen LogP) is 4.31. The normalized spacial score (nSPS) is 13.5. The smallest absolute Gasteiger partial charge is 0.407 e. The van der Waals surface area contributed by atoms with Crippen molar-refractivity contribution in [1.82, 2.24) is 10.6 Å². The molecule has 1 aliphatic carbocycles. The van der Waals surface area contributed by atoms with Crippen LogP contribution in [0.2, 0.25) is 0 Å².